The van der Waals surface area contributed by atoms with E-state index in [9.17, 15) is 10.2 Å². The molecule has 0 heterocycles. The van der Waals surface area contributed by atoms with Crippen LogP contribution in [0.25, 0.3) is 21.5 Å². The summed E-state index contributed by atoms with van der Waals surface area (Å²) in [6.45, 7) is 3.59. The number of phenols is 1. The number of rotatable bonds is 1. The summed E-state index contributed by atoms with van der Waals surface area (Å²) < 4.78 is 0. The van der Waals surface area contributed by atoms with Crippen LogP contribution in [0.4, 0.5) is 0 Å². The third-order valence-electron chi connectivity index (χ3n) is 3.48. The fourth-order valence-corrected chi connectivity index (χ4v) is 2.55. The zero-order chi connectivity index (χ0) is 13.6. The van der Waals surface area contributed by atoms with Crippen LogP contribution in [-0.4, -0.2) is 10.2 Å². The first-order valence-corrected chi connectivity index (χ1v) is 6.33. The van der Waals surface area contributed by atoms with Crippen LogP contribution in [0, 0.1) is 0 Å². The van der Waals surface area contributed by atoms with Gasteiger partial charge in [-0.1, -0.05) is 24.3 Å². The van der Waals surface area contributed by atoms with Gasteiger partial charge in [-0.15, -0.1) is 0 Å². The van der Waals surface area contributed by atoms with Gasteiger partial charge >= 0.3 is 0 Å². The molecule has 0 amide bonds. The molecule has 0 unspecified atom stereocenters. The summed E-state index contributed by atoms with van der Waals surface area (Å²) in [7, 11) is 0. The van der Waals surface area contributed by atoms with Gasteiger partial charge in [-0.25, -0.2) is 0 Å². The Hall–Kier alpha value is -2.06. The quantitative estimate of drug-likeness (QED) is 0.644. The summed E-state index contributed by atoms with van der Waals surface area (Å²) >= 11 is 0. The van der Waals surface area contributed by atoms with Crippen LogP contribution >= 0.6 is 0 Å². The van der Waals surface area contributed by atoms with Gasteiger partial charge in [-0.2, -0.15) is 0 Å². The standard InChI is InChI=1S/C17H16O2/c1-17(2,19)16-5-3-4-12-8-13-9-14(18)7-6-11(13)10-15(12)16/h3-10,18-19H,1-2H3. The maximum atomic E-state index is 10.3. The minimum Gasteiger partial charge on any atom is -0.508 e. The van der Waals surface area contributed by atoms with E-state index in [2.05, 4.69) is 6.07 Å². The highest BCUT2D eigenvalue weighted by Crippen LogP contribution is 2.32. The van der Waals surface area contributed by atoms with Crippen LogP contribution in [-0.2, 0) is 5.60 Å². The number of fused-ring (bicyclic) bond motifs is 2. The minimum absolute atomic E-state index is 0.269. The first-order chi connectivity index (χ1) is 8.95. The predicted octanol–water partition coefficient (Wildman–Crippen LogP) is 3.93. The zero-order valence-electron chi connectivity index (χ0n) is 11.0. The predicted molar refractivity (Wildman–Crippen MR) is 78.4 cm³/mol. The molecule has 0 aromatic heterocycles. The van der Waals surface area contributed by atoms with E-state index >= 15 is 0 Å². The van der Waals surface area contributed by atoms with E-state index in [0.717, 1.165) is 27.1 Å². The average Bonchev–Trinajstić information content (AvgIpc) is 2.34. The van der Waals surface area contributed by atoms with Crippen molar-refractivity contribution in [1.29, 1.82) is 0 Å². The average molecular weight is 252 g/mol. The smallest absolute Gasteiger partial charge is 0.116 e. The molecule has 19 heavy (non-hydrogen) atoms. The van der Waals surface area contributed by atoms with Crippen LogP contribution in [0.5, 0.6) is 5.75 Å². The van der Waals surface area contributed by atoms with Gasteiger partial charge < -0.3 is 10.2 Å². The van der Waals surface area contributed by atoms with Gasteiger partial charge in [0.1, 0.15) is 5.75 Å². The van der Waals surface area contributed by atoms with Crippen molar-refractivity contribution in [1.82, 2.24) is 0 Å². The van der Waals surface area contributed by atoms with Crippen LogP contribution in [0.3, 0.4) is 0 Å². The van der Waals surface area contributed by atoms with Crippen molar-refractivity contribution < 1.29 is 10.2 Å². The summed E-state index contributed by atoms with van der Waals surface area (Å²) in [5, 5.41) is 24.0. The number of benzene rings is 3. The molecule has 0 aliphatic heterocycles. The fraction of sp³-hybridized carbons (Fsp3) is 0.176. The molecular weight excluding hydrogens is 236 g/mol. The van der Waals surface area contributed by atoms with Crippen molar-refractivity contribution in [2.75, 3.05) is 0 Å². The van der Waals surface area contributed by atoms with Crippen LogP contribution in [0.2, 0.25) is 0 Å². The molecule has 0 atom stereocenters. The summed E-state index contributed by atoms with van der Waals surface area (Å²) in [5.74, 6) is 0.269. The largest absolute Gasteiger partial charge is 0.508 e. The molecule has 2 nitrogen and oxygen atoms in total. The van der Waals surface area contributed by atoms with E-state index in [1.54, 1.807) is 26.0 Å². The van der Waals surface area contributed by atoms with Crippen molar-refractivity contribution >= 4 is 21.5 Å². The topological polar surface area (TPSA) is 40.5 Å². The third kappa shape index (κ3) is 2.04. The van der Waals surface area contributed by atoms with E-state index in [0.29, 0.717) is 0 Å². The Balaban J connectivity index is 2.41. The Morgan fingerprint density at radius 3 is 2.37 bits per heavy atom. The first-order valence-electron chi connectivity index (χ1n) is 6.33. The SMILES string of the molecule is CC(C)(O)c1cccc2cc3cc(O)ccc3cc12. The molecule has 0 saturated carbocycles. The zero-order valence-corrected chi connectivity index (χ0v) is 11.0. The normalized spacial score (nSPS) is 12.2. The monoisotopic (exact) mass is 252 g/mol. The van der Waals surface area contributed by atoms with Gasteiger partial charge in [0.15, 0.2) is 0 Å². The summed E-state index contributed by atoms with van der Waals surface area (Å²) in [4.78, 5) is 0. The molecule has 96 valence electrons. The lowest BCUT2D eigenvalue weighted by Gasteiger charge is -2.20. The van der Waals surface area contributed by atoms with Gasteiger partial charge in [-0.3, -0.25) is 0 Å². The van der Waals surface area contributed by atoms with Crippen molar-refractivity contribution in [3.63, 3.8) is 0 Å². The van der Waals surface area contributed by atoms with Crippen LogP contribution in [0.1, 0.15) is 19.4 Å². The highest BCUT2D eigenvalue weighted by molar-refractivity contribution is 6.00. The maximum Gasteiger partial charge on any atom is 0.116 e. The van der Waals surface area contributed by atoms with E-state index in [4.69, 9.17) is 0 Å². The Morgan fingerprint density at radius 1 is 0.842 bits per heavy atom. The molecule has 0 aliphatic rings. The molecule has 0 radical (unpaired) electrons. The summed E-state index contributed by atoms with van der Waals surface area (Å²) in [6.07, 6.45) is 0. The number of aliphatic hydroxyl groups is 1. The lowest BCUT2D eigenvalue weighted by molar-refractivity contribution is 0.0802. The molecular formula is C17H16O2. The van der Waals surface area contributed by atoms with Crippen molar-refractivity contribution in [2.45, 2.75) is 19.4 Å². The van der Waals surface area contributed by atoms with Crippen LogP contribution < -0.4 is 0 Å². The van der Waals surface area contributed by atoms with E-state index in [1.807, 2.05) is 30.3 Å². The Kier molecular flexibility index (Phi) is 2.51. The number of phenolic OH excluding ortho intramolecular Hbond substituents is 1. The molecule has 2 N–H and O–H groups in total. The maximum absolute atomic E-state index is 10.3. The highest BCUT2D eigenvalue weighted by Gasteiger charge is 2.18. The van der Waals surface area contributed by atoms with Crippen molar-refractivity contribution in [3.8, 4) is 5.75 Å². The minimum atomic E-state index is -0.871. The first kappa shape index (κ1) is 12.0. The summed E-state index contributed by atoms with van der Waals surface area (Å²) in [6, 6.07) is 15.4. The molecule has 0 saturated heterocycles. The number of aromatic hydroxyl groups is 1. The lowest BCUT2D eigenvalue weighted by atomic mass is 9.91. The highest BCUT2D eigenvalue weighted by atomic mass is 16.3. The molecule has 3 aromatic rings. The number of hydrogen-bond donors (Lipinski definition) is 2. The van der Waals surface area contributed by atoms with Crippen molar-refractivity contribution in [2.24, 2.45) is 0 Å². The number of hydrogen-bond acceptors (Lipinski definition) is 2. The second-order valence-corrected chi connectivity index (χ2v) is 5.47. The molecule has 2 heteroatoms. The Morgan fingerprint density at radius 2 is 1.63 bits per heavy atom. The second kappa shape index (κ2) is 3.97. The van der Waals surface area contributed by atoms with E-state index in [1.165, 1.54) is 0 Å². The molecule has 0 bridgehead atoms. The van der Waals surface area contributed by atoms with Crippen molar-refractivity contribution in [3.05, 3.63) is 54.1 Å². The molecule has 3 aromatic carbocycles. The van der Waals surface area contributed by atoms with Gasteiger partial charge in [-0.05, 0) is 65.2 Å². The Labute approximate surface area is 111 Å². The lowest BCUT2D eigenvalue weighted by Crippen LogP contribution is -2.15. The molecule has 3 rings (SSSR count). The van der Waals surface area contributed by atoms with Gasteiger partial charge in [0.25, 0.3) is 0 Å². The molecule has 0 spiro atoms. The summed E-state index contributed by atoms with van der Waals surface area (Å²) in [5.41, 5.74) is 0.0457. The van der Waals surface area contributed by atoms with Gasteiger partial charge in [0, 0.05) is 0 Å². The molecule has 0 fully saturated rings. The van der Waals surface area contributed by atoms with Crippen LogP contribution in [0.15, 0.2) is 48.5 Å². The molecule has 0 aliphatic carbocycles. The second-order valence-electron chi connectivity index (χ2n) is 5.47. The van der Waals surface area contributed by atoms with Gasteiger partial charge in [0.05, 0.1) is 5.60 Å². The third-order valence-corrected chi connectivity index (χ3v) is 3.48. The van der Waals surface area contributed by atoms with E-state index < -0.39 is 5.60 Å². The Bertz CT molecular complexity index is 767. The fourth-order valence-electron chi connectivity index (χ4n) is 2.55. The van der Waals surface area contributed by atoms with E-state index in [-0.39, 0.29) is 5.75 Å². The van der Waals surface area contributed by atoms with Gasteiger partial charge in [0.2, 0.25) is 0 Å².